The fourth-order valence-electron chi connectivity index (χ4n) is 6.76. The molecular weight excluding hydrogens is 1610 g/mol. The van der Waals surface area contributed by atoms with Crippen molar-refractivity contribution in [3.63, 3.8) is 0 Å². The normalized spacial score (nSPS) is 11.9. The van der Waals surface area contributed by atoms with Gasteiger partial charge in [0.2, 0.25) is 0 Å². The summed E-state index contributed by atoms with van der Waals surface area (Å²) in [7, 11) is 12.8. The van der Waals surface area contributed by atoms with E-state index in [9.17, 15) is 0 Å². The maximum atomic E-state index is 3.90. The van der Waals surface area contributed by atoms with E-state index in [1.165, 1.54) is 62.8 Å². The Morgan fingerprint density at radius 2 is 0.373 bits per heavy atom. The van der Waals surface area contributed by atoms with Crippen molar-refractivity contribution in [3.8, 4) is 0 Å². The molecule has 0 saturated heterocycles. The molecule has 0 N–H and O–H groups in total. The Kier molecular flexibility index (Phi) is 25.7. The Morgan fingerprint density at radius 1 is 0.227 bits per heavy atom. The molecule has 0 nitrogen and oxygen atoms in total. The number of hydrogen-bond acceptors (Lipinski definition) is 6. The van der Waals surface area contributed by atoms with Crippen LogP contribution in [0.15, 0.2) is 306 Å². The zero-order valence-electron chi connectivity index (χ0n) is 41.5. The molecule has 0 saturated carbocycles. The minimum atomic E-state index is -2.87. The quantitative estimate of drug-likeness (QED) is 0.0369. The van der Waals surface area contributed by atoms with Crippen LogP contribution >= 0.6 is 51.1 Å². The van der Waals surface area contributed by atoms with Crippen LogP contribution in [-0.4, -0.2) is 56.5 Å². The van der Waals surface area contributed by atoms with Crippen LogP contribution in [0.4, 0.5) is 0 Å². The van der Waals surface area contributed by atoms with Crippen LogP contribution in [0.25, 0.3) is 36.5 Å². The standard InChI is InChI=1S/6C10H10S.C6H3.3Bi/c6*1-2-3-4-9-5-7-10(11)8-6-9;1-2-4-6-5-3-1;;;/h6*2-8,11H,1H2;1,4-5H;;;/q;;;;;;;3*+2/p-6. The van der Waals surface area contributed by atoms with E-state index >= 15 is 0 Å². The summed E-state index contributed by atoms with van der Waals surface area (Å²) in [6, 6.07) is 62.7. The van der Waals surface area contributed by atoms with Gasteiger partial charge >= 0.3 is 493 Å². The number of allylic oxidation sites excluding steroid dienone is 12. The molecule has 0 atom stereocenters. The Bertz CT molecular complexity index is 2640. The van der Waals surface area contributed by atoms with Crippen molar-refractivity contribution in [2.75, 3.05) is 0 Å². The molecule has 0 spiro atoms. The van der Waals surface area contributed by atoms with Gasteiger partial charge < -0.3 is 0 Å². The minimum absolute atomic E-state index is 1.17. The third kappa shape index (κ3) is 19.8. The summed E-state index contributed by atoms with van der Waals surface area (Å²) in [5.74, 6) is 0. The Morgan fingerprint density at radius 3 is 0.507 bits per heavy atom. The molecule has 0 aromatic heterocycles. The van der Waals surface area contributed by atoms with Crippen LogP contribution in [0.2, 0.25) is 0 Å². The molecule has 0 bridgehead atoms. The van der Waals surface area contributed by atoms with Gasteiger partial charge in [-0.3, -0.25) is 0 Å². The summed E-state index contributed by atoms with van der Waals surface area (Å²) in [5, 5.41) is 0. The molecular formula is C66H57Bi3S6. The first kappa shape index (κ1) is 58.8. The maximum absolute atomic E-state index is 3.90. The summed E-state index contributed by atoms with van der Waals surface area (Å²) in [6.07, 6.45) is 35.7. The van der Waals surface area contributed by atoms with Gasteiger partial charge in [0.25, 0.3) is 0 Å². The second-order valence-corrected chi connectivity index (χ2v) is 70.0. The summed E-state index contributed by atoms with van der Waals surface area (Å²) in [5.41, 5.74) is 7.03. The molecule has 9 heteroatoms. The van der Waals surface area contributed by atoms with Gasteiger partial charge in [-0.05, 0) is 0 Å². The van der Waals surface area contributed by atoms with Crippen LogP contribution in [0.3, 0.4) is 0 Å². The Labute approximate surface area is 486 Å². The summed E-state index contributed by atoms with van der Waals surface area (Å²) in [6.45, 7) is 23.4. The molecule has 372 valence electrons. The fourth-order valence-corrected chi connectivity index (χ4v) is 73.7. The van der Waals surface area contributed by atoms with Gasteiger partial charge in [-0.2, -0.15) is 0 Å². The van der Waals surface area contributed by atoms with Crippen molar-refractivity contribution in [1.82, 2.24) is 0 Å². The molecule has 0 amide bonds. The van der Waals surface area contributed by atoms with Crippen LogP contribution in [0.5, 0.6) is 0 Å². The zero-order chi connectivity index (χ0) is 52.5. The number of rotatable bonds is 27. The summed E-state index contributed by atoms with van der Waals surface area (Å²) < 4.78 is 4.64. The summed E-state index contributed by atoms with van der Waals surface area (Å²) >= 11 is -8.61. The monoisotopic (exact) mass is 1670 g/mol. The van der Waals surface area contributed by atoms with E-state index in [4.69, 9.17) is 0 Å². The van der Waals surface area contributed by atoms with Crippen molar-refractivity contribution >= 4 is 154 Å². The summed E-state index contributed by atoms with van der Waals surface area (Å²) in [4.78, 5) is 7.87. The first-order valence-electron chi connectivity index (χ1n) is 23.8. The van der Waals surface area contributed by atoms with Gasteiger partial charge in [-0.1, -0.05) is 0 Å². The van der Waals surface area contributed by atoms with Gasteiger partial charge in [0, 0.05) is 0 Å². The molecule has 75 heavy (non-hydrogen) atoms. The average molecular weight is 1670 g/mol. The molecule has 0 heterocycles. The average Bonchev–Trinajstić information content (AvgIpc) is 3.45. The first-order chi connectivity index (χ1) is 36.8. The number of hydrogen-bond donors (Lipinski definition) is 0. The van der Waals surface area contributed by atoms with Gasteiger partial charge in [0.05, 0.1) is 0 Å². The van der Waals surface area contributed by atoms with E-state index in [0.29, 0.717) is 0 Å². The molecule has 0 radical (unpaired) electrons. The van der Waals surface area contributed by atoms with E-state index in [1.807, 2.05) is 72.9 Å². The van der Waals surface area contributed by atoms with Crippen LogP contribution in [0.1, 0.15) is 33.4 Å². The van der Waals surface area contributed by atoms with Crippen LogP contribution in [-0.2, 0) is 0 Å². The van der Waals surface area contributed by atoms with E-state index in [2.05, 4.69) is 291 Å². The van der Waals surface area contributed by atoms with Crippen molar-refractivity contribution in [1.29, 1.82) is 0 Å². The van der Waals surface area contributed by atoms with Crippen LogP contribution < -0.4 is 9.81 Å². The van der Waals surface area contributed by atoms with Gasteiger partial charge in [-0.25, -0.2) is 0 Å². The molecule has 0 fully saturated rings. The molecule has 0 unspecified atom stereocenters. The van der Waals surface area contributed by atoms with E-state index < -0.39 is 56.5 Å². The van der Waals surface area contributed by atoms with Crippen LogP contribution in [0, 0.1) is 0 Å². The second-order valence-electron chi connectivity index (χ2n) is 16.0. The molecule has 0 aliphatic rings. The van der Waals surface area contributed by atoms with E-state index in [1.54, 1.807) is 9.81 Å². The van der Waals surface area contributed by atoms with Gasteiger partial charge in [0.1, 0.15) is 0 Å². The second kappa shape index (κ2) is 32.8. The predicted molar refractivity (Wildman–Crippen MR) is 352 cm³/mol. The van der Waals surface area contributed by atoms with Crippen molar-refractivity contribution in [2.24, 2.45) is 0 Å². The first-order valence-corrected chi connectivity index (χ1v) is 59.2. The molecule has 7 aromatic rings. The van der Waals surface area contributed by atoms with Gasteiger partial charge in [-0.15, -0.1) is 0 Å². The SMILES string of the molecule is C=CC=Cc1ccc([S][Bi]([S]c2ccc(C=CC=C)cc2)[c]2c[c]([Bi]([S]c3ccc(C=CC=C)cc3)[S]c3ccc(C=CC=C)cc3)c[c]([Bi]([S]c3ccc(C=CC=C)cc3)[S]c3ccc(C=CC=C)cc3)c2)cc1. The third-order valence-electron chi connectivity index (χ3n) is 10.5. The molecule has 7 rings (SSSR count). The van der Waals surface area contributed by atoms with Gasteiger partial charge in [0.15, 0.2) is 0 Å². The van der Waals surface area contributed by atoms with Crippen molar-refractivity contribution in [2.45, 2.75) is 29.4 Å². The fraction of sp³-hybridized carbons (Fsp3) is 0. The van der Waals surface area contributed by atoms with E-state index in [-0.39, 0.29) is 0 Å². The Balaban J connectivity index is 1.42. The zero-order valence-corrected chi connectivity index (χ0v) is 56.8. The predicted octanol–water partition coefficient (Wildman–Crippen LogP) is 18.7. The topological polar surface area (TPSA) is 0 Å². The number of benzene rings is 7. The Hall–Kier alpha value is -3.83. The van der Waals surface area contributed by atoms with Crippen molar-refractivity contribution < 1.29 is 0 Å². The van der Waals surface area contributed by atoms with Crippen molar-refractivity contribution in [3.05, 3.63) is 310 Å². The third-order valence-corrected chi connectivity index (χ3v) is 71.5. The molecule has 7 aromatic carbocycles. The molecule has 0 aliphatic carbocycles. The van der Waals surface area contributed by atoms with E-state index in [0.717, 1.165) is 0 Å². The molecule has 0 aliphatic heterocycles.